The Morgan fingerprint density at radius 1 is 1.19 bits per heavy atom. The van der Waals surface area contributed by atoms with E-state index in [1.807, 2.05) is 6.07 Å². The topological polar surface area (TPSA) is 30.8 Å². The van der Waals surface area contributed by atoms with E-state index in [1.54, 1.807) is 0 Å². The van der Waals surface area contributed by atoms with Crippen molar-refractivity contribution in [3.05, 3.63) is 35.9 Å². The summed E-state index contributed by atoms with van der Waals surface area (Å²) in [5.41, 5.74) is 2.23. The first-order valence-corrected chi connectivity index (χ1v) is 11.0. The molecule has 0 amide bonds. The number of oxime groups is 1. The summed E-state index contributed by atoms with van der Waals surface area (Å²) >= 11 is 0. The maximum atomic E-state index is 6.64. The maximum absolute atomic E-state index is 6.64. The van der Waals surface area contributed by atoms with E-state index in [-0.39, 0.29) is 6.29 Å². The van der Waals surface area contributed by atoms with E-state index in [1.165, 1.54) is 31.2 Å². The summed E-state index contributed by atoms with van der Waals surface area (Å²) in [6, 6.07) is 10.4. The summed E-state index contributed by atoms with van der Waals surface area (Å²) in [5.74, 6) is 2.42. The molecule has 27 heavy (non-hydrogen) atoms. The Bertz CT molecular complexity index is 598. The fraction of sp³-hybridized carbons (Fsp3) is 0.708. The van der Waals surface area contributed by atoms with Gasteiger partial charge in [-0.15, -0.1) is 0 Å². The van der Waals surface area contributed by atoms with Gasteiger partial charge in [-0.05, 0) is 42.6 Å². The zero-order valence-electron chi connectivity index (χ0n) is 17.6. The molecule has 0 spiro atoms. The summed E-state index contributed by atoms with van der Waals surface area (Å²) < 4.78 is 6.64. The van der Waals surface area contributed by atoms with E-state index in [0.29, 0.717) is 23.9 Å². The van der Waals surface area contributed by atoms with Crippen LogP contribution in [0.25, 0.3) is 0 Å². The third-order valence-electron chi connectivity index (χ3n) is 6.41. The molecule has 1 fully saturated rings. The van der Waals surface area contributed by atoms with Crippen LogP contribution in [0.2, 0.25) is 0 Å². The molecule has 0 N–H and O–H groups in total. The van der Waals surface area contributed by atoms with Crippen molar-refractivity contribution in [3.8, 4) is 0 Å². The van der Waals surface area contributed by atoms with Gasteiger partial charge >= 0.3 is 0 Å². The van der Waals surface area contributed by atoms with Crippen LogP contribution in [0.4, 0.5) is 0 Å². The van der Waals surface area contributed by atoms with Gasteiger partial charge in [-0.25, -0.2) is 0 Å². The molecule has 0 radical (unpaired) electrons. The highest BCUT2D eigenvalue weighted by Gasteiger charge is 2.37. The number of hydrogen-bond acceptors (Lipinski definition) is 3. The SMILES string of the molecule is CCCC[C@@H]1CC(c2ccccc2)=NO[C@@H]1O[C@@H]1C[C@H](C)CC[C@H]1C(C)C. The van der Waals surface area contributed by atoms with Gasteiger partial charge in [-0.3, -0.25) is 0 Å². The molecule has 1 aromatic rings. The number of rotatable bonds is 7. The highest BCUT2D eigenvalue weighted by molar-refractivity contribution is 6.00. The van der Waals surface area contributed by atoms with E-state index >= 15 is 0 Å². The van der Waals surface area contributed by atoms with Crippen molar-refractivity contribution in [2.24, 2.45) is 28.8 Å². The minimum Gasteiger partial charge on any atom is -0.363 e. The largest absolute Gasteiger partial charge is 0.363 e. The Hall–Kier alpha value is -1.35. The molecule has 0 saturated heterocycles. The number of benzene rings is 1. The van der Waals surface area contributed by atoms with E-state index in [9.17, 15) is 0 Å². The molecule has 5 atom stereocenters. The Kier molecular flexibility index (Phi) is 7.34. The van der Waals surface area contributed by atoms with Crippen molar-refractivity contribution in [1.29, 1.82) is 0 Å². The van der Waals surface area contributed by atoms with Crippen molar-refractivity contribution >= 4 is 5.71 Å². The first kappa shape index (κ1) is 20.4. The standard InChI is InChI=1S/C24H37NO2/c1-5-6-10-20-16-22(19-11-8-7-9-12-19)25-27-24(20)26-23-15-18(4)13-14-21(23)17(2)3/h7-9,11-12,17-18,20-21,23-24H,5-6,10,13-16H2,1-4H3/t18-,20-,21+,23-,24+/m1/s1. The number of nitrogens with zero attached hydrogens (tertiary/aromatic N) is 1. The van der Waals surface area contributed by atoms with Gasteiger partial charge in [-0.1, -0.05) is 82.4 Å². The lowest BCUT2D eigenvalue weighted by Crippen LogP contribution is -2.41. The summed E-state index contributed by atoms with van der Waals surface area (Å²) in [5, 5.41) is 4.49. The molecule has 150 valence electrons. The van der Waals surface area contributed by atoms with Crippen LogP contribution in [-0.4, -0.2) is 18.1 Å². The summed E-state index contributed by atoms with van der Waals surface area (Å²) in [6.07, 6.45) is 8.36. The van der Waals surface area contributed by atoms with Crippen LogP contribution in [0.15, 0.2) is 35.5 Å². The molecule has 3 heteroatoms. The molecule has 1 aliphatic carbocycles. The van der Waals surface area contributed by atoms with Gasteiger partial charge in [0.1, 0.15) is 0 Å². The second-order valence-electron chi connectivity index (χ2n) is 8.98. The fourth-order valence-electron chi connectivity index (χ4n) is 4.67. The average molecular weight is 372 g/mol. The van der Waals surface area contributed by atoms with E-state index in [0.717, 1.165) is 30.9 Å². The van der Waals surface area contributed by atoms with Crippen LogP contribution in [0.1, 0.15) is 78.2 Å². The fourth-order valence-corrected chi connectivity index (χ4v) is 4.67. The zero-order valence-corrected chi connectivity index (χ0v) is 17.6. The van der Waals surface area contributed by atoms with Crippen LogP contribution < -0.4 is 0 Å². The molecule has 0 unspecified atom stereocenters. The smallest absolute Gasteiger partial charge is 0.230 e. The Morgan fingerprint density at radius 2 is 1.96 bits per heavy atom. The summed E-state index contributed by atoms with van der Waals surface area (Å²) in [4.78, 5) is 5.99. The Balaban J connectivity index is 1.73. The average Bonchev–Trinajstić information content (AvgIpc) is 2.67. The summed E-state index contributed by atoms with van der Waals surface area (Å²) in [7, 11) is 0. The lowest BCUT2D eigenvalue weighted by molar-refractivity contribution is -0.224. The quantitative estimate of drug-likeness (QED) is 0.553. The number of unbranched alkanes of at least 4 members (excludes halogenated alkanes) is 1. The van der Waals surface area contributed by atoms with Crippen molar-refractivity contribution in [2.75, 3.05) is 0 Å². The minimum atomic E-state index is -0.194. The highest BCUT2D eigenvalue weighted by Crippen LogP contribution is 2.38. The van der Waals surface area contributed by atoms with Crippen LogP contribution >= 0.6 is 0 Å². The van der Waals surface area contributed by atoms with Crippen LogP contribution in [0, 0.1) is 23.7 Å². The van der Waals surface area contributed by atoms with Crippen LogP contribution in [-0.2, 0) is 9.57 Å². The molecule has 2 aliphatic rings. The third kappa shape index (κ3) is 5.34. The molecule has 3 nitrogen and oxygen atoms in total. The first-order chi connectivity index (χ1) is 13.1. The molecule has 0 bridgehead atoms. The molecular formula is C24H37NO2. The predicted octanol–water partition coefficient (Wildman–Crippen LogP) is 6.42. The van der Waals surface area contributed by atoms with Crippen molar-refractivity contribution in [3.63, 3.8) is 0 Å². The number of hydrogen-bond donors (Lipinski definition) is 0. The monoisotopic (exact) mass is 371 g/mol. The van der Waals surface area contributed by atoms with Crippen molar-refractivity contribution in [1.82, 2.24) is 0 Å². The molecule has 1 heterocycles. The molecule has 1 aliphatic heterocycles. The van der Waals surface area contributed by atoms with Gasteiger partial charge < -0.3 is 9.57 Å². The molecule has 1 saturated carbocycles. The van der Waals surface area contributed by atoms with E-state index in [4.69, 9.17) is 9.57 Å². The highest BCUT2D eigenvalue weighted by atomic mass is 16.8. The van der Waals surface area contributed by atoms with Crippen molar-refractivity contribution < 1.29 is 9.57 Å². The lowest BCUT2D eigenvalue weighted by Gasteiger charge is -2.40. The van der Waals surface area contributed by atoms with Gasteiger partial charge in [0.2, 0.25) is 6.29 Å². The third-order valence-corrected chi connectivity index (χ3v) is 6.41. The minimum absolute atomic E-state index is 0.194. The number of ether oxygens (including phenoxy) is 1. The Morgan fingerprint density at radius 3 is 2.67 bits per heavy atom. The van der Waals surface area contributed by atoms with E-state index < -0.39 is 0 Å². The van der Waals surface area contributed by atoms with E-state index in [2.05, 4.69) is 57.1 Å². The van der Waals surface area contributed by atoms with Crippen molar-refractivity contribution in [2.45, 2.75) is 85.0 Å². The predicted molar refractivity (Wildman–Crippen MR) is 112 cm³/mol. The molecular weight excluding hydrogens is 334 g/mol. The summed E-state index contributed by atoms with van der Waals surface area (Å²) in [6.45, 7) is 9.27. The van der Waals surface area contributed by atoms with Crippen LogP contribution in [0.5, 0.6) is 0 Å². The molecule has 1 aromatic carbocycles. The van der Waals surface area contributed by atoms with Gasteiger partial charge in [0.15, 0.2) is 0 Å². The molecule has 3 rings (SSSR count). The van der Waals surface area contributed by atoms with Crippen LogP contribution in [0.3, 0.4) is 0 Å². The molecule has 0 aromatic heterocycles. The normalized spacial score (nSPS) is 31.4. The van der Waals surface area contributed by atoms with Gasteiger partial charge in [0.05, 0.1) is 11.8 Å². The maximum Gasteiger partial charge on any atom is 0.230 e. The first-order valence-electron chi connectivity index (χ1n) is 11.0. The van der Waals surface area contributed by atoms with Gasteiger partial charge in [-0.2, -0.15) is 0 Å². The van der Waals surface area contributed by atoms with Gasteiger partial charge in [0, 0.05) is 12.3 Å². The van der Waals surface area contributed by atoms with Gasteiger partial charge in [0.25, 0.3) is 0 Å². The Labute approximate surface area is 165 Å². The lowest BCUT2D eigenvalue weighted by atomic mass is 9.75. The zero-order chi connectivity index (χ0) is 19.2. The second kappa shape index (κ2) is 9.73. The second-order valence-corrected chi connectivity index (χ2v) is 8.98.